The van der Waals surface area contributed by atoms with Crippen molar-refractivity contribution in [1.82, 2.24) is 5.32 Å². The maximum absolute atomic E-state index is 11.9. The maximum Gasteiger partial charge on any atom is 0.246 e. The van der Waals surface area contributed by atoms with Gasteiger partial charge in [0.2, 0.25) is 5.91 Å². The first-order valence-corrected chi connectivity index (χ1v) is 6.46. The molecule has 0 aromatic heterocycles. The Hall–Kier alpha value is -1.39. The lowest BCUT2D eigenvalue weighted by atomic mass is 10.0. The molecule has 1 fully saturated rings. The Bertz CT molecular complexity index is 467. The van der Waals surface area contributed by atoms with Gasteiger partial charge in [0, 0.05) is 24.4 Å². The van der Waals surface area contributed by atoms with Gasteiger partial charge >= 0.3 is 0 Å². The van der Waals surface area contributed by atoms with Crippen molar-refractivity contribution in [2.24, 2.45) is 5.92 Å². The summed E-state index contributed by atoms with van der Waals surface area (Å²) in [5.41, 5.74) is 3.19. The number of carbonyl (C=O) groups excluding carboxylic acids is 1. The van der Waals surface area contributed by atoms with Crippen molar-refractivity contribution < 1.29 is 9.53 Å². The molecule has 0 aliphatic carbocycles. The zero-order valence-corrected chi connectivity index (χ0v) is 10.5. The molecule has 2 aliphatic heterocycles. The molecule has 0 radical (unpaired) electrons. The minimum Gasteiger partial charge on any atom is -0.381 e. The summed E-state index contributed by atoms with van der Waals surface area (Å²) in [4.78, 5) is 11.9. The second-order valence-electron chi connectivity index (χ2n) is 5.15. The second kappa shape index (κ2) is 4.71. The van der Waals surface area contributed by atoms with Crippen molar-refractivity contribution in [3.63, 3.8) is 0 Å². The van der Waals surface area contributed by atoms with Crippen LogP contribution in [0.2, 0.25) is 0 Å². The predicted octanol–water partition coefficient (Wildman–Crippen LogP) is 1.61. The molecule has 96 valence electrons. The summed E-state index contributed by atoms with van der Waals surface area (Å²) in [7, 11) is 0. The van der Waals surface area contributed by atoms with Gasteiger partial charge in [0.25, 0.3) is 0 Å². The average Bonchev–Trinajstić information content (AvgIpc) is 2.94. The molecule has 3 rings (SSSR count). The lowest BCUT2D eigenvalue weighted by Crippen LogP contribution is -2.31. The summed E-state index contributed by atoms with van der Waals surface area (Å²) in [5.74, 6) is 0.584. The summed E-state index contributed by atoms with van der Waals surface area (Å²) in [6, 6.07) is 5.87. The Morgan fingerprint density at radius 3 is 3.17 bits per heavy atom. The average molecular weight is 246 g/mol. The van der Waals surface area contributed by atoms with Crippen LogP contribution in [-0.2, 0) is 9.53 Å². The van der Waals surface area contributed by atoms with Gasteiger partial charge in [0.1, 0.15) is 6.04 Å². The van der Waals surface area contributed by atoms with Crippen LogP contribution >= 0.6 is 0 Å². The van der Waals surface area contributed by atoms with Crippen LogP contribution in [0.15, 0.2) is 18.2 Å². The monoisotopic (exact) mass is 246 g/mol. The molecular formula is C14H18N2O2. The molecule has 1 aromatic rings. The molecule has 1 saturated heterocycles. The van der Waals surface area contributed by atoms with Crippen molar-refractivity contribution in [3.8, 4) is 0 Å². The predicted molar refractivity (Wildman–Crippen MR) is 69.5 cm³/mol. The van der Waals surface area contributed by atoms with E-state index >= 15 is 0 Å². The second-order valence-corrected chi connectivity index (χ2v) is 5.15. The Morgan fingerprint density at radius 1 is 1.50 bits per heavy atom. The third-order valence-corrected chi connectivity index (χ3v) is 3.67. The van der Waals surface area contributed by atoms with E-state index in [4.69, 9.17) is 4.74 Å². The number of anilines is 1. The third-order valence-electron chi connectivity index (χ3n) is 3.67. The maximum atomic E-state index is 11.9. The molecule has 0 bridgehead atoms. The van der Waals surface area contributed by atoms with E-state index in [1.165, 1.54) is 5.56 Å². The highest BCUT2D eigenvalue weighted by Gasteiger charge is 2.30. The van der Waals surface area contributed by atoms with Crippen molar-refractivity contribution in [3.05, 3.63) is 29.3 Å². The van der Waals surface area contributed by atoms with E-state index in [1.807, 2.05) is 19.1 Å². The fourth-order valence-electron chi connectivity index (χ4n) is 2.61. The van der Waals surface area contributed by atoms with Crippen molar-refractivity contribution in [1.29, 1.82) is 0 Å². The summed E-state index contributed by atoms with van der Waals surface area (Å²) in [6.45, 7) is 4.54. The molecule has 0 saturated carbocycles. The van der Waals surface area contributed by atoms with Crippen molar-refractivity contribution >= 4 is 11.6 Å². The SMILES string of the molecule is Cc1ccc2c(c1)C(NCC1CCOC1)C(=O)N2. The van der Waals surface area contributed by atoms with Crippen LogP contribution < -0.4 is 10.6 Å². The van der Waals surface area contributed by atoms with Crippen LogP contribution in [0.5, 0.6) is 0 Å². The first kappa shape index (κ1) is 11.7. The third kappa shape index (κ3) is 2.13. The number of amides is 1. The molecule has 4 nitrogen and oxygen atoms in total. The fourth-order valence-corrected chi connectivity index (χ4v) is 2.61. The molecule has 2 heterocycles. The van der Waals surface area contributed by atoms with Crippen LogP contribution in [0.25, 0.3) is 0 Å². The number of benzene rings is 1. The van der Waals surface area contributed by atoms with E-state index in [2.05, 4.69) is 16.7 Å². The minimum atomic E-state index is -0.208. The van der Waals surface area contributed by atoms with Gasteiger partial charge < -0.3 is 15.4 Å². The van der Waals surface area contributed by atoms with E-state index in [9.17, 15) is 4.79 Å². The largest absolute Gasteiger partial charge is 0.381 e. The zero-order valence-electron chi connectivity index (χ0n) is 10.5. The van der Waals surface area contributed by atoms with Crippen molar-refractivity contribution in [2.45, 2.75) is 19.4 Å². The molecule has 2 atom stereocenters. The molecule has 0 spiro atoms. The number of ether oxygens (including phenoxy) is 1. The molecule has 1 aromatic carbocycles. The molecular weight excluding hydrogens is 228 g/mol. The van der Waals surface area contributed by atoms with Gasteiger partial charge in [-0.25, -0.2) is 0 Å². The zero-order chi connectivity index (χ0) is 12.5. The smallest absolute Gasteiger partial charge is 0.246 e. The molecule has 2 aliphatic rings. The normalized spacial score (nSPS) is 26.2. The minimum absolute atomic E-state index is 0.0505. The van der Waals surface area contributed by atoms with E-state index in [0.717, 1.165) is 37.4 Å². The van der Waals surface area contributed by atoms with Crippen LogP contribution in [-0.4, -0.2) is 25.7 Å². The highest BCUT2D eigenvalue weighted by Crippen LogP contribution is 2.31. The van der Waals surface area contributed by atoms with E-state index in [-0.39, 0.29) is 11.9 Å². The summed E-state index contributed by atoms with van der Waals surface area (Å²) < 4.78 is 5.35. The van der Waals surface area contributed by atoms with Crippen LogP contribution in [0.3, 0.4) is 0 Å². The summed E-state index contributed by atoms with van der Waals surface area (Å²) in [6.07, 6.45) is 1.09. The van der Waals surface area contributed by atoms with Crippen molar-refractivity contribution in [2.75, 3.05) is 25.1 Å². The first-order chi connectivity index (χ1) is 8.74. The Morgan fingerprint density at radius 2 is 2.39 bits per heavy atom. The number of hydrogen-bond acceptors (Lipinski definition) is 3. The van der Waals surface area contributed by atoms with Gasteiger partial charge in [-0.3, -0.25) is 4.79 Å². The summed E-state index contributed by atoms with van der Waals surface area (Å²) in [5, 5.41) is 6.28. The standard InChI is InChI=1S/C14H18N2O2/c1-9-2-3-12-11(6-9)13(14(17)16-12)15-7-10-4-5-18-8-10/h2-3,6,10,13,15H,4-5,7-8H2,1H3,(H,16,17). The van der Waals surface area contributed by atoms with E-state index in [1.54, 1.807) is 0 Å². The lowest BCUT2D eigenvalue weighted by Gasteiger charge is -2.14. The molecule has 18 heavy (non-hydrogen) atoms. The Labute approximate surface area is 107 Å². The molecule has 2 unspecified atom stereocenters. The van der Waals surface area contributed by atoms with Crippen LogP contribution in [0, 0.1) is 12.8 Å². The van der Waals surface area contributed by atoms with Gasteiger partial charge in [0.05, 0.1) is 6.61 Å². The fraction of sp³-hybridized carbons (Fsp3) is 0.500. The number of carbonyl (C=O) groups is 1. The van der Waals surface area contributed by atoms with Gasteiger partial charge in [-0.1, -0.05) is 17.7 Å². The van der Waals surface area contributed by atoms with Crippen LogP contribution in [0.1, 0.15) is 23.6 Å². The van der Waals surface area contributed by atoms with E-state index in [0.29, 0.717) is 5.92 Å². The highest BCUT2D eigenvalue weighted by molar-refractivity contribution is 6.02. The quantitative estimate of drug-likeness (QED) is 0.852. The van der Waals surface area contributed by atoms with Gasteiger partial charge in [0.15, 0.2) is 0 Å². The van der Waals surface area contributed by atoms with Gasteiger partial charge in [-0.2, -0.15) is 0 Å². The van der Waals surface area contributed by atoms with E-state index < -0.39 is 0 Å². The number of rotatable bonds is 3. The van der Waals surface area contributed by atoms with Crippen LogP contribution in [0.4, 0.5) is 5.69 Å². The first-order valence-electron chi connectivity index (χ1n) is 6.46. The Kier molecular flexibility index (Phi) is 3.06. The highest BCUT2D eigenvalue weighted by atomic mass is 16.5. The Balaban J connectivity index is 1.72. The number of nitrogens with one attached hydrogen (secondary N) is 2. The number of fused-ring (bicyclic) bond motifs is 1. The summed E-state index contributed by atoms with van der Waals surface area (Å²) >= 11 is 0. The number of hydrogen-bond donors (Lipinski definition) is 2. The van der Waals surface area contributed by atoms with Gasteiger partial charge in [-0.15, -0.1) is 0 Å². The lowest BCUT2D eigenvalue weighted by molar-refractivity contribution is -0.117. The topological polar surface area (TPSA) is 50.4 Å². The molecule has 1 amide bonds. The van der Waals surface area contributed by atoms with Gasteiger partial charge in [-0.05, 0) is 25.3 Å². The molecule has 2 N–H and O–H groups in total. The molecule has 4 heteroatoms. The number of aryl methyl sites for hydroxylation is 1.